The van der Waals surface area contributed by atoms with Gasteiger partial charge in [0.05, 0.1) is 19.5 Å². The number of hydrogen-bond acceptors (Lipinski definition) is 5. The maximum Gasteiger partial charge on any atom is 0.354 e. The normalized spacial score (nSPS) is 12.1. The molecule has 0 unspecified atom stereocenters. The second kappa shape index (κ2) is 6.55. The van der Waals surface area contributed by atoms with E-state index < -0.39 is 7.60 Å². The highest BCUT2D eigenvalue weighted by Gasteiger charge is 2.19. The summed E-state index contributed by atoms with van der Waals surface area (Å²) in [7, 11) is -3.32. The lowest BCUT2D eigenvalue weighted by Gasteiger charge is -2.11. The quantitative estimate of drug-likeness (QED) is 0.426. The molecule has 0 atom stereocenters. The Labute approximate surface area is 99.9 Å². The molecule has 0 N–H and O–H groups in total. The highest BCUT2D eigenvalue weighted by Crippen LogP contribution is 2.49. The summed E-state index contributed by atoms with van der Waals surface area (Å²) < 4.78 is 26.9. The number of rotatable bonds is 7. The van der Waals surface area contributed by atoms with E-state index in [9.17, 15) is 9.36 Å². The monoisotopic (exact) mass is 258 g/mol. The van der Waals surface area contributed by atoms with Gasteiger partial charge >= 0.3 is 7.60 Å². The topological polar surface area (TPSA) is 65.7 Å². The third kappa shape index (κ3) is 4.30. The van der Waals surface area contributed by atoms with Gasteiger partial charge < -0.3 is 13.5 Å². The molecule has 6 heteroatoms. The van der Waals surface area contributed by atoms with Crippen LogP contribution in [0.3, 0.4) is 0 Å². The Morgan fingerprint density at radius 3 is 2.53 bits per heavy atom. The highest BCUT2D eigenvalue weighted by molar-refractivity contribution is 7.57. The maximum absolute atomic E-state index is 12.0. The molecule has 1 rings (SSSR count). The Balaban J connectivity index is 2.73. The first kappa shape index (κ1) is 13.9. The van der Waals surface area contributed by atoms with Crippen LogP contribution in [0.1, 0.15) is 24.4 Å². The molecular formula is C11H15O5P. The van der Waals surface area contributed by atoms with E-state index >= 15 is 0 Å². The van der Waals surface area contributed by atoms with Gasteiger partial charge in [-0.2, -0.15) is 0 Å². The third-order valence-electron chi connectivity index (χ3n) is 1.79. The van der Waals surface area contributed by atoms with Crippen LogP contribution in [-0.2, 0) is 13.6 Å². The van der Waals surface area contributed by atoms with E-state index in [1.54, 1.807) is 19.9 Å². The van der Waals surface area contributed by atoms with Crippen LogP contribution in [0.4, 0.5) is 0 Å². The third-order valence-corrected chi connectivity index (χ3v) is 3.54. The first-order valence-electron chi connectivity index (χ1n) is 5.27. The molecule has 1 aromatic rings. The minimum atomic E-state index is -3.32. The summed E-state index contributed by atoms with van der Waals surface area (Å²) in [6.45, 7) is 3.90. The van der Waals surface area contributed by atoms with Crippen LogP contribution in [0.25, 0.3) is 0 Å². The van der Waals surface area contributed by atoms with E-state index in [0.29, 0.717) is 0 Å². The molecule has 5 nitrogen and oxygen atoms in total. The molecule has 94 valence electrons. The first-order chi connectivity index (χ1) is 8.11. The minimum Gasteiger partial charge on any atom is -0.461 e. The van der Waals surface area contributed by atoms with Crippen molar-refractivity contribution in [3.63, 3.8) is 0 Å². The van der Waals surface area contributed by atoms with Gasteiger partial charge in [0.1, 0.15) is 0 Å². The first-order valence-corrected chi connectivity index (χ1v) is 6.88. The lowest BCUT2D eigenvalue weighted by atomic mass is 10.3. The molecule has 0 amide bonds. The van der Waals surface area contributed by atoms with E-state index in [1.165, 1.54) is 12.3 Å². The Morgan fingerprint density at radius 2 is 2.06 bits per heavy atom. The molecule has 0 radical (unpaired) electrons. The van der Waals surface area contributed by atoms with E-state index in [-0.39, 0.29) is 24.8 Å². The summed E-state index contributed by atoms with van der Waals surface area (Å²) in [5.74, 6) is 0.959. The van der Waals surface area contributed by atoms with Crippen LogP contribution in [0, 0.1) is 0 Å². The molecule has 0 fully saturated rings. The van der Waals surface area contributed by atoms with E-state index in [2.05, 4.69) is 0 Å². The van der Waals surface area contributed by atoms with Crippen molar-refractivity contribution in [1.82, 2.24) is 0 Å². The van der Waals surface area contributed by atoms with Crippen molar-refractivity contribution >= 4 is 13.4 Å². The van der Waals surface area contributed by atoms with Crippen molar-refractivity contribution in [2.75, 3.05) is 13.2 Å². The van der Waals surface area contributed by atoms with Crippen LogP contribution >= 0.6 is 7.60 Å². The minimum absolute atomic E-state index is 0.181. The van der Waals surface area contributed by atoms with Crippen molar-refractivity contribution in [2.45, 2.75) is 13.8 Å². The Morgan fingerprint density at radius 1 is 1.41 bits per heavy atom. The fraction of sp³-hybridized carbons (Fsp3) is 0.364. The molecule has 1 aromatic heterocycles. The molecule has 0 aliphatic carbocycles. The second-order valence-corrected chi connectivity index (χ2v) is 4.93. The summed E-state index contributed by atoms with van der Waals surface area (Å²) in [5.41, 5.74) is 0. The molecule has 17 heavy (non-hydrogen) atoms. The molecule has 0 spiro atoms. The predicted octanol–water partition coefficient (Wildman–Crippen LogP) is 3.24. The van der Waals surface area contributed by atoms with E-state index in [0.717, 1.165) is 11.9 Å². The fourth-order valence-corrected chi connectivity index (χ4v) is 2.43. The zero-order valence-corrected chi connectivity index (χ0v) is 10.7. The van der Waals surface area contributed by atoms with Gasteiger partial charge in [-0.15, -0.1) is 0 Å². The Hall–Kier alpha value is -1.16. The number of ketones is 1. The molecule has 0 aromatic carbocycles. The van der Waals surface area contributed by atoms with E-state index in [1.807, 2.05) is 0 Å². The largest absolute Gasteiger partial charge is 0.461 e. The zero-order chi connectivity index (χ0) is 12.7. The molecule has 0 saturated carbocycles. The molecule has 0 aliphatic rings. The lowest BCUT2D eigenvalue weighted by molar-refractivity contribution is 0.102. The summed E-state index contributed by atoms with van der Waals surface area (Å²) in [4.78, 5) is 11.5. The Bertz CT molecular complexity index is 411. The number of furan rings is 1. The van der Waals surface area contributed by atoms with Crippen LogP contribution < -0.4 is 0 Å². The van der Waals surface area contributed by atoms with Crippen molar-refractivity contribution < 1.29 is 22.8 Å². The van der Waals surface area contributed by atoms with Crippen LogP contribution in [0.2, 0.25) is 0 Å². The average molecular weight is 258 g/mol. The zero-order valence-electron chi connectivity index (χ0n) is 9.79. The van der Waals surface area contributed by atoms with Crippen LogP contribution in [0.15, 0.2) is 34.7 Å². The van der Waals surface area contributed by atoms with E-state index in [4.69, 9.17) is 13.5 Å². The predicted molar refractivity (Wildman–Crippen MR) is 63.0 cm³/mol. The number of hydrogen-bond donors (Lipinski definition) is 0. The fourth-order valence-electron chi connectivity index (χ4n) is 1.14. The van der Waals surface area contributed by atoms with Gasteiger partial charge in [-0.25, -0.2) is 0 Å². The number of carbonyl (C=O) groups excluding carboxylic acids is 1. The van der Waals surface area contributed by atoms with Crippen molar-refractivity contribution in [3.8, 4) is 0 Å². The summed E-state index contributed by atoms with van der Waals surface area (Å²) in [5, 5.41) is 0. The molecular weight excluding hydrogens is 243 g/mol. The van der Waals surface area contributed by atoms with Crippen molar-refractivity contribution in [2.24, 2.45) is 0 Å². The van der Waals surface area contributed by atoms with Gasteiger partial charge in [-0.1, -0.05) is 0 Å². The highest BCUT2D eigenvalue weighted by atomic mass is 31.2. The van der Waals surface area contributed by atoms with Gasteiger partial charge in [-0.05, 0) is 32.1 Å². The summed E-state index contributed by atoms with van der Waals surface area (Å²) in [6, 6.07) is 3.13. The molecule has 1 heterocycles. The number of carbonyl (C=O) groups is 1. The van der Waals surface area contributed by atoms with Crippen molar-refractivity contribution in [3.05, 3.63) is 36.0 Å². The molecule has 0 bridgehead atoms. The number of allylic oxidation sites excluding steroid dienone is 1. The summed E-state index contributed by atoms with van der Waals surface area (Å²) in [6.07, 6.45) is 2.54. The standard InChI is InChI=1S/C11H15O5P/c1-3-15-17(13,16-4-2)9-7-10(12)11-6-5-8-14-11/h5-9H,3-4H2,1-2H3/b9-7+. The van der Waals surface area contributed by atoms with Gasteiger partial charge in [-0.3, -0.25) is 9.36 Å². The second-order valence-electron chi connectivity index (χ2n) is 3.03. The van der Waals surface area contributed by atoms with Crippen LogP contribution in [0.5, 0.6) is 0 Å². The van der Waals surface area contributed by atoms with Crippen molar-refractivity contribution in [1.29, 1.82) is 0 Å². The lowest BCUT2D eigenvalue weighted by Crippen LogP contribution is -1.95. The summed E-state index contributed by atoms with van der Waals surface area (Å²) >= 11 is 0. The average Bonchev–Trinajstić information content (AvgIpc) is 2.80. The Kier molecular flexibility index (Phi) is 5.35. The van der Waals surface area contributed by atoms with Gasteiger partial charge in [0.2, 0.25) is 5.78 Å². The SMILES string of the molecule is CCOP(=O)(/C=C/C(=O)c1ccco1)OCC. The smallest absolute Gasteiger partial charge is 0.354 e. The van der Waals surface area contributed by atoms with Gasteiger partial charge in [0, 0.05) is 5.82 Å². The van der Waals surface area contributed by atoms with Gasteiger partial charge in [0.15, 0.2) is 5.76 Å². The van der Waals surface area contributed by atoms with Crippen LogP contribution in [-0.4, -0.2) is 19.0 Å². The molecule has 0 saturated heterocycles. The van der Waals surface area contributed by atoms with Gasteiger partial charge in [0.25, 0.3) is 0 Å². The molecule has 0 aliphatic heterocycles. The maximum atomic E-state index is 12.0.